The first-order valence-electron chi connectivity index (χ1n) is 12.8. The number of nitrogens with zero attached hydrogens (tertiary/aromatic N) is 5. The summed E-state index contributed by atoms with van der Waals surface area (Å²) in [5.74, 6) is 1.29. The summed E-state index contributed by atoms with van der Waals surface area (Å²) >= 11 is 0. The summed E-state index contributed by atoms with van der Waals surface area (Å²) in [5.41, 5.74) is 7.33. The fourth-order valence-corrected chi connectivity index (χ4v) is 4.77. The lowest BCUT2D eigenvalue weighted by Crippen LogP contribution is -2.23. The Labute approximate surface area is 212 Å². The largest absolute Gasteiger partial charge is 0.374 e. The minimum Gasteiger partial charge on any atom is -0.374 e. The molecule has 1 fully saturated rings. The van der Waals surface area contributed by atoms with Crippen LogP contribution in [0.25, 0.3) is 5.69 Å². The normalized spacial score (nSPS) is 15.4. The van der Waals surface area contributed by atoms with Gasteiger partial charge in [-0.2, -0.15) is 0 Å². The van der Waals surface area contributed by atoms with Crippen LogP contribution in [0.3, 0.4) is 0 Å². The van der Waals surface area contributed by atoms with Gasteiger partial charge in [0.05, 0.1) is 41.1 Å². The van der Waals surface area contributed by atoms with Crippen LogP contribution in [0.5, 0.6) is 0 Å². The Morgan fingerprint density at radius 2 is 2.06 bits per heavy atom. The van der Waals surface area contributed by atoms with Crippen molar-refractivity contribution in [1.82, 2.24) is 20.3 Å². The van der Waals surface area contributed by atoms with E-state index in [0.717, 1.165) is 70.8 Å². The van der Waals surface area contributed by atoms with Gasteiger partial charge in [-0.25, -0.2) is 4.68 Å². The molecule has 2 heterocycles. The molecule has 8 nitrogen and oxygen atoms in total. The van der Waals surface area contributed by atoms with Gasteiger partial charge in [0.15, 0.2) is 0 Å². The Bertz CT molecular complexity index is 1290. The van der Waals surface area contributed by atoms with Gasteiger partial charge in [0.25, 0.3) is 0 Å². The molecular weight excluding hydrogens is 450 g/mol. The van der Waals surface area contributed by atoms with Crippen molar-refractivity contribution in [2.75, 3.05) is 30.4 Å². The summed E-state index contributed by atoms with van der Waals surface area (Å²) in [7, 11) is 2.10. The topological polar surface area (TPSA) is 87.4 Å². The fraction of sp³-hybridized carbons (Fsp3) is 0.429. The quantitative estimate of drug-likeness (QED) is 0.461. The van der Waals surface area contributed by atoms with Crippen LogP contribution < -0.4 is 15.5 Å². The lowest BCUT2D eigenvalue weighted by atomic mass is 10.1. The van der Waals surface area contributed by atoms with Crippen molar-refractivity contribution in [2.24, 2.45) is 16.8 Å². The zero-order valence-corrected chi connectivity index (χ0v) is 21.6. The van der Waals surface area contributed by atoms with Gasteiger partial charge in [-0.3, -0.25) is 9.79 Å². The molecule has 1 aliphatic heterocycles. The highest BCUT2D eigenvalue weighted by atomic mass is 16.1. The van der Waals surface area contributed by atoms with E-state index in [2.05, 4.69) is 59.7 Å². The third-order valence-corrected chi connectivity index (χ3v) is 6.70. The number of carbonyl (C=O) groups is 1. The Morgan fingerprint density at radius 3 is 2.83 bits per heavy atom. The number of rotatable bonds is 9. The van der Waals surface area contributed by atoms with Gasteiger partial charge < -0.3 is 15.5 Å². The van der Waals surface area contributed by atoms with Gasteiger partial charge >= 0.3 is 0 Å². The number of hydrogen-bond donors (Lipinski definition) is 2. The molecular formula is C28H35N7O. The van der Waals surface area contributed by atoms with Crippen molar-refractivity contribution < 1.29 is 4.79 Å². The number of benzene rings is 2. The molecule has 0 saturated heterocycles. The standard InChI is InChI=1S/C28H35N7O/c1-18(2)17-34(4)27-12-26-25(10-19(27)3)32-28(36)13-24(31-26)21-6-5-7-22(11-21)35-23(16-30-33-35)15-29-14-20-8-9-20/h5-7,10-12,16,18,20,29H,8-9,13-15,17H2,1-4H3,(H,32,36). The smallest absolute Gasteiger partial charge is 0.230 e. The Kier molecular flexibility index (Phi) is 6.87. The molecule has 0 radical (unpaired) electrons. The van der Waals surface area contributed by atoms with Crippen LogP contribution in [0, 0.1) is 18.8 Å². The van der Waals surface area contributed by atoms with Crippen molar-refractivity contribution in [3.05, 3.63) is 59.4 Å². The third kappa shape index (κ3) is 5.49. The molecule has 1 aliphatic carbocycles. The molecule has 1 aromatic heterocycles. The minimum absolute atomic E-state index is 0.0636. The molecule has 2 N–H and O–H groups in total. The summed E-state index contributed by atoms with van der Waals surface area (Å²) in [4.78, 5) is 20.1. The average Bonchev–Trinajstić information content (AvgIpc) is 3.57. The maximum absolute atomic E-state index is 12.8. The lowest BCUT2D eigenvalue weighted by Gasteiger charge is -2.24. The molecule has 5 rings (SSSR count). The number of aryl methyl sites for hydroxylation is 1. The number of fused-ring (bicyclic) bond motifs is 1. The second-order valence-corrected chi connectivity index (χ2v) is 10.5. The van der Waals surface area contributed by atoms with E-state index >= 15 is 0 Å². The molecule has 1 saturated carbocycles. The monoisotopic (exact) mass is 485 g/mol. The van der Waals surface area contributed by atoms with E-state index in [1.807, 2.05) is 35.0 Å². The number of amides is 1. The van der Waals surface area contributed by atoms with Crippen molar-refractivity contribution >= 4 is 28.7 Å². The minimum atomic E-state index is -0.0636. The first kappa shape index (κ1) is 24.2. The first-order chi connectivity index (χ1) is 17.4. The number of aliphatic imine (C=N–C) groups is 1. The first-order valence-corrected chi connectivity index (χ1v) is 12.8. The van der Waals surface area contributed by atoms with E-state index in [0.29, 0.717) is 5.92 Å². The molecule has 1 amide bonds. The highest BCUT2D eigenvalue weighted by Crippen LogP contribution is 2.36. The van der Waals surface area contributed by atoms with Crippen LogP contribution in [0.15, 0.2) is 47.6 Å². The maximum Gasteiger partial charge on any atom is 0.230 e. The van der Waals surface area contributed by atoms with E-state index in [-0.39, 0.29) is 12.3 Å². The van der Waals surface area contributed by atoms with E-state index in [4.69, 9.17) is 4.99 Å². The van der Waals surface area contributed by atoms with E-state index in [9.17, 15) is 4.79 Å². The van der Waals surface area contributed by atoms with Gasteiger partial charge in [-0.05, 0) is 73.5 Å². The highest BCUT2D eigenvalue weighted by Gasteiger charge is 2.22. The van der Waals surface area contributed by atoms with E-state index < -0.39 is 0 Å². The van der Waals surface area contributed by atoms with Gasteiger partial charge in [0.2, 0.25) is 5.91 Å². The molecule has 3 aromatic rings. The number of nitrogens with one attached hydrogen (secondary N) is 2. The van der Waals surface area contributed by atoms with Gasteiger partial charge in [0, 0.05) is 25.8 Å². The molecule has 2 aromatic carbocycles. The Hall–Kier alpha value is -3.52. The second-order valence-electron chi connectivity index (χ2n) is 10.5. The Balaban J connectivity index is 1.45. The van der Waals surface area contributed by atoms with Gasteiger partial charge in [0.1, 0.15) is 0 Å². The molecule has 36 heavy (non-hydrogen) atoms. The molecule has 188 valence electrons. The molecule has 0 unspecified atom stereocenters. The van der Waals surface area contributed by atoms with E-state index in [1.165, 1.54) is 12.8 Å². The molecule has 2 aliphatic rings. The van der Waals surface area contributed by atoms with Gasteiger partial charge in [-0.1, -0.05) is 31.2 Å². The van der Waals surface area contributed by atoms with Crippen LogP contribution in [0.1, 0.15) is 49.9 Å². The summed E-state index contributed by atoms with van der Waals surface area (Å²) in [6.45, 7) is 9.19. The summed E-state index contributed by atoms with van der Waals surface area (Å²) in [6, 6.07) is 12.1. The van der Waals surface area contributed by atoms with Crippen molar-refractivity contribution in [2.45, 2.75) is 46.6 Å². The number of carbonyl (C=O) groups excluding carboxylic acids is 1. The Morgan fingerprint density at radius 1 is 1.22 bits per heavy atom. The predicted octanol–water partition coefficient (Wildman–Crippen LogP) is 4.63. The summed E-state index contributed by atoms with van der Waals surface area (Å²) in [6.07, 6.45) is 4.65. The molecule has 0 atom stereocenters. The van der Waals surface area contributed by atoms with Crippen molar-refractivity contribution in [3.63, 3.8) is 0 Å². The lowest BCUT2D eigenvalue weighted by molar-refractivity contribution is -0.115. The van der Waals surface area contributed by atoms with Crippen LogP contribution >= 0.6 is 0 Å². The van der Waals surface area contributed by atoms with Crippen molar-refractivity contribution in [1.29, 1.82) is 0 Å². The number of aromatic nitrogens is 3. The van der Waals surface area contributed by atoms with E-state index in [1.54, 1.807) is 6.20 Å². The van der Waals surface area contributed by atoms with Crippen molar-refractivity contribution in [3.8, 4) is 5.69 Å². The second kappa shape index (κ2) is 10.2. The predicted molar refractivity (Wildman–Crippen MR) is 145 cm³/mol. The highest BCUT2D eigenvalue weighted by molar-refractivity contribution is 6.17. The summed E-state index contributed by atoms with van der Waals surface area (Å²) < 4.78 is 1.86. The number of hydrogen-bond acceptors (Lipinski definition) is 6. The van der Waals surface area contributed by atoms with Crippen LogP contribution in [-0.4, -0.2) is 46.7 Å². The average molecular weight is 486 g/mol. The summed E-state index contributed by atoms with van der Waals surface area (Å²) in [5, 5.41) is 15.0. The van der Waals surface area contributed by atoms with Crippen LogP contribution in [-0.2, 0) is 11.3 Å². The van der Waals surface area contributed by atoms with Crippen LogP contribution in [0.4, 0.5) is 17.1 Å². The zero-order valence-electron chi connectivity index (χ0n) is 21.6. The fourth-order valence-electron chi connectivity index (χ4n) is 4.77. The van der Waals surface area contributed by atoms with Crippen LogP contribution in [0.2, 0.25) is 0 Å². The molecule has 0 spiro atoms. The third-order valence-electron chi connectivity index (χ3n) is 6.70. The molecule has 8 heteroatoms. The molecule has 0 bridgehead atoms. The maximum atomic E-state index is 12.8. The number of anilines is 2. The van der Waals surface area contributed by atoms with Gasteiger partial charge in [-0.15, -0.1) is 5.10 Å². The zero-order chi connectivity index (χ0) is 25.2. The SMILES string of the molecule is Cc1cc2c(cc1N(C)CC(C)C)N=C(c1cccc(-n3nncc3CNCC3CC3)c1)CC(=O)N2.